The van der Waals surface area contributed by atoms with Crippen molar-refractivity contribution in [2.75, 3.05) is 26.8 Å². The molecule has 0 aliphatic heterocycles. The fourth-order valence-corrected chi connectivity index (χ4v) is 2.63. The molecule has 0 radical (unpaired) electrons. The Morgan fingerprint density at radius 3 is 2.94 bits per heavy atom. The average Bonchev–Trinajstić information content (AvgIpc) is 2.71. The minimum absolute atomic E-state index is 0.112. The van der Waals surface area contributed by atoms with E-state index in [1.54, 1.807) is 6.08 Å². The number of nitrogens with zero attached hydrogens (tertiary/aromatic N) is 1. The molecular weight excluding hydrogens is 250 g/mol. The van der Waals surface area contributed by atoms with Gasteiger partial charge in [-0.15, -0.1) is 17.9 Å². The van der Waals surface area contributed by atoms with Gasteiger partial charge in [-0.2, -0.15) is 0 Å². The highest BCUT2D eigenvalue weighted by Crippen LogP contribution is 2.23. The summed E-state index contributed by atoms with van der Waals surface area (Å²) in [6.45, 7) is 7.80. The van der Waals surface area contributed by atoms with Gasteiger partial charge in [-0.3, -0.25) is 4.90 Å². The van der Waals surface area contributed by atoms with E-state index in [2.05, 4.69) is 11.5 Å². The third-order valence-corrected chi connectivity index (χ3v) is 3.68. The lowest BCUT2D eigenvalue weighted by Gasteiger charge is -2.19. The van der Waals surface area contributed by atoms with Crippen LogP contribution in [-0.4, -0.2) is 42.8 Å². The van der Waals surface area contributed by atoms with E-state index >= 15 is 0 Å². The molecule has 4 nitrogen and oxygen atoms in total. The van der Waals surface area contributed by atoms with E-state index in [1.165, 1.54) is 18.4 Å². The normalized spacial score (nSPS) is 10.7. The summed E-state index contributed by atoms with van der Waals surface area (Å²) in [5.74, 6) is -0.299. The molecule has 1 N–H and O–H groups in total. The van der Waals surface area contributed by atoms with Gasteiger partial charge in [-0.05, 0) is 18.6 Å². The molecule has 0 saturated heterocycles. The Kier molecular flexibility index (Phi) is 6.04. The quantitative estimate of drug-likeness (QED) is 0.606. The first kappa shape index (κ1) is 14.9. The third-order valence-electron chi connectivity index (χ3n) is 2.60. The van der Waals surface area contributed by atoms with Gasteiger partial charge in [0.05, 0.1) is 13.7 Å². The number of aliphatic hydroxyl groups excluding tert-OH is 1. The predicted molar refractivity (Wildman–Crippen MR) is 73.0 cm³/mol. The van der Waals surface area contributed by atoms with Gasteiger partial charge in [0.1, 0.15) is 4.88 Å². The Morgan fingerprint density at radius 2 is 2.39 bits per heavy atom. The zero-order valence-corrected chi connectivity index (χ0v) is 11.6. The second-order valence-corrected chi connectivity index (χ2v) is 5.19. The standard InChI is InChI=1S/C13H19NO3S/c1-4-5-14(6-7-15)9-11-8-12(13(16)17-3)18-10(11)2/h4,8,15H,1,5-7,9H2,2-3H3. The molecule has 0 aliphatic carbocycles. The van der Waals surface area contributed by atoms with Gasteiger partial charge in [-0.25, -0.2) is 4.79 Å². The maximum atomic E-state index is 11.4. The molecule has 0 fully saturated rings. The molecule has 18 heavy (non-hydrogen) atoms. The van der Waals surface area contributed by atoms with Gasteiger partial charge in [0, 0.05) is 24.5 Å². The summed E-state index contributed by atoms with van der Waals surface area (Å²) in [5.41, 5.74) is 1.09. The van der Waals surface area contributed by atoms with Gasteiger partial charge in [0.25, 0.3) is 0 Å². The van der Waals surface area contributed by atoms with Gasteiger partial charge in [0.2, 0.25) is 0 Å². The zero-order valence-electron chi connectivity index (χ0n) is 10.8. The molecule has 0 atom stereocenters. The van der Waals surface area contributed by atoms with Crippen LogP contribution in [0.15, 0.2) is 18.7 Å². The molecular formula is C13H19NO3S. The van der Waals surface area contributed by atoms with Crippen molar-refractivity contribution >= 4 is 17.3 Å². The summed E-state index contributed by atoms with van der Waals surface area (Å²) in [7, 11) is 1.38. The van der Waals surface area contributed by atoms with E-state index in [4.69, 9.17) is 9.84 Å². The van der Waals surface area contributed by atoms with Crippen LogP contribution in [0.4, 0.5) is 0 Å². The van der Waals surface area contributed by atoms with Crippen LogP contribution in [0.5, 0.6) is 0 Å². The number of ether oxygens (including phenoxy) is 1. The average molecular weight is 269 g/mol. The number of hydrogen-bond acceptors (Lipinski definition) is 5. The van der Waals surface area contributed by atoms with Gasteiger partial charge < -0.3 is 9.84 Å². The third kappa shape index (κ3) is 3.94. The highest BCUT2D eigenvalue weighted by molar-refractivity contribution is 7.14. The van der Waals surface area contributed by atoms with E-state index in [9.17, 15) is 4.79 Å². The molecule has 0 saturated carbocycles. The van der Waals surface area contributed by atoms with Gasteiger partial charge in [0.15, 0.2) is 0 Å². The first-order valence-corrected chi connectivity index (χ1v) is 6.55. The van der Waals surface area contributed by atoms with Crippen LogP contribution in [0.25, 0.3) is 0 Å². The predicted octanol–water partition coefficient (Wildman–Crippen LogP) is 1.82. The van der Waals surface area contributed by atoms with Crippen molar-refractivity contribution in [2.45, 2.75) is 13.5 Å². The largest absolute Gasteiger partial charge is 0.465 e. The van der Waals surface area contributed by atoms with Crippen LogP contribution in [0, 0.1) is 6.92 Å². The Bertz CT molecular complexity index is 414. The summed E-state index contributed by atoms with van der Waals surface area (Å²) in [6.07, 6.45) is 1.80. The van der Waals surface area contributed by atoms with Crippen molar-refractivity contribution in [1.29, 1.82) is 0 Å². The number of thiophene rings is 1. The van der Waals surface area contributed by atoms with Crippen molar-refractivity contribution in [3.8, 4) is 0 Å². The molecule has 5 heteroatoms. The minimum Gasteiger partial charge on any atom is -0.465 e. The zero-order chi connectivity index (χ0) is 13.5. The van der Waals surface area contributed by atoms with E-state index in [1.807, 2.05) is 13.0 Å². The number of aryl methyl sites for hydroxylation is 1. The van der Waals surface area contributed by atoms with Crippen LogP contribution < -0.4 is 0 Å². The number of carbonyl (C=O) groups is 1. The first-order valence-electron chi connectivity index (χ1n) is 5.74. The molecule has 1 aromatic heterocycles. The van der Waals surface area contributed by atoms with Crippen molar-refractivity contribution in [3.63, 3.8) is 0 Å². The van der Waals surface area contributed by atoms with E-state index < -0.39 is 0 Å². The molecule has 0 spiro atoms. The fraction of sp³-hybridized carbons (Fsp3) is 0.462. The van der Waals surface area contributed by atoms with Crippen LogP contribution in [0.3, 0.4) is 0 Å². The minimum atomic E-state index is -0.299. The van der Waals surface area contributed by atoms with Crippen LogP contribution in [0.1, 0.15) is 20.1 Å². The monoisotopic (exact) mass is 269 g/mol. The Labute approximate surface area is 111 Å². The first-order chi connectivity index (χ1) is 8.62. The van der Waals surface area contributed by atoms with Gasteiger partial charge >= 0.3 is 5.97 Å². The molecule has 1 aromatic rings. The number of rotatable bonds is 7. The lowest BCUT2D eigenvalue weighted by Crippen LogP contribution is -2.26. The molecule has 0 unspecified atom stereocenters. The topological polar surface area (TPSA) is 49.8 Å². The number of methoxy groups -OCH3 is 1. The summed E-state index contributed by atoms with van der Waals surface area (Å²) in [5, 5.41) is 8.99. The number of esters is 1. The molecule has 0 bridgehead atoms. The Hall–Kier alpha value is -1.17. The highest BCUT2D eigenvalue weighted by atomic mass is 32.1. The Morgan fingerprint density at radius 1 is 1.67 bits per heavy atom. The molecule has 0 amide bonds. The second kappa shape index (κ2) is 7.31. The molecule has 1 heterocycles. The molecule has 0 aromatic carbocycles. The van der Waals surface area contributed by atoms with E-state index in [-0.39, 0.29) is 12.6 Å². The lowest BCUT2D eigenvalue weighted by molar-refractivity contribution is 0.0606. The van der Waals surface area contributed by atoms with Crippen LogP contribution >= 0.6 is 11.3 Å². The maximum Gasteiger partial charge on any atom is 0.348 e. The number of carbonyl (C=O) groups excluding carboxylic acids is 1. The fourth-order valence-electron chi connectivity index (χ4n) is 1.68. The second-order valence-electron chi connectivity index (χ2n) is 3.93. The SMILES string of the molecule is C=CCN(CCO)Cc1cc(C(=O)OC)sc1C. The number of hydrogen-bond donors (Lipinski definition) is 1. The molecule has 0 aliphatic rings. The van der Waals surface area contributed by atoms with Crippen molar-refractivity contribution < 1.29 is 14.6 Å². The van der Waals surface area contributed by atoms with E-state index in [0.717, 1.165) is 10.4 Å². The summed E-state index contributed by atoms with van der Waals surface area (Å²) in [4.78, 5) is 15.2. The van der Waals surface area contributed by atoms with Crippen molar-refractivity contribution in [2.24, 2.45) is 0 Å². The van der Waals surface area contributed by atoms with E-state index in [0.29, 0.717) is 24.5 Å². The molecule has 100 valence electrons. The highest BCUT2D eigenvalue weighted by Gasteiger charge is 2.14. The summed E-state index contributed by atoms with van der Waals surface area (Å²) >= 11 is 1.44. The smallest absolute Gasteiger partial charge is 0.348 e. The van der Waals surface area contributed by atoms with Crippen molar-refractivity contribution in [3.05, 3.63) is 34.0 Å². The van der Waals surface area contributed by atoms with Gasteiger partial charge in [-0.1, -0.05) is 6.08 Å². The lowest BCUT2D eigenvalue weighted by atomic mass is 10.2. The summed E-state index contributed by atoms with van der Waals surface area (Å²) in [6, 6.07) is 1.86. The molecule has 1 rings (SSSR count). The van der Waals surface area contributed by atoms with Crippen LogP contribution in [0.2, 0.25) is 0 Å². The van der Waals surface area contributed by atoms with Crippen molar-refractivity contribution in [1.82, 2.24) is 4.90 Å². The number of aliphatic hydroxyl groups is 1. The summed E-state index contributed by atoms with van der Waals surface area (Å²) < 4.78 is 4.71. The van der Waals surface area contributed by atoms with Crippen LogP contribution in [-0.2, 0) is 11.3 Å². The maximum absolute atomic E-state index is 11.4. The Balaban J connectivity index is 2.79.